The van der Waals surface area contributed by atoms with Crippen LogP contribution in [0.5, 0.6) is 0 Å². The SMILES string of the molecule is C[NH+](C)CCCN1C(=O)C(=O)/C(=C(/[O-])c2ccc(Br)cc2)C1c1ccc(Cl)cc1. The number of rotatable bonds is 6. The summed E-state index contributed by atoms with van der Waals surface area (Å²) in [4.78, 5) is 28.4. The molecule has 1 saturated heterocycles. The summed E-state index contributed by atoms with van der Waals surface area (Å²) in [5.41, 5.74) is 1.08. The lowest BCUT2D eigenvalue weighted by Gasteiger charge is -2.27. The van der Waals surface area contributed by atoms with Gasteiger partial charge in [-0.05, 0) is 35.4 Å². The number of hydrogen-bond acceptors (Lipinski definition) is 3. The number of Topliss-reactive ketones (excluding diaryl/α,β-unsaturated/α-hetero) is 1. The van der Waals surface area contributed by atoms with Gasteiger partial charge in [-0.15, -0.1) is 0 Å². The summed E-state index contributed by atoms with van der Waals surface area (Å²) in [6, 6.07) is 13.0. The van der Waals surface area contributed by atoms with Gasteiger partial charge in [0.1, 0.15) is 0 Å². The number of ketones is 1. The van der Waals surface area contributed by atoms with Crippen LogP contribution in [-0.2, 0) is 9.59 Å². The molecule has 1 heterocycles. The minimum atomic E-state index is -0.727. The fraction of sp³-hybridized carbons (Fsp3) is 0.273. The van der Waals surface area contributed by atoms with E-state index in [1.807, 2.05) is 14.1 Å². The molecule has 0 saturated carbocycles. The van der Waals surface area contributed by atoms with E-state index in [2.05, 4.69) is 15.9 Å². The second-order valence-electron chi connectivity index (χ2n) is 7.34. The maximum atomic E-state index is 13.2. The largest absolute Gasteiger partial charge is 0.872 e. The third-order valence-electron chi connectivity index (χ3n) is 4.90. The van der Waals surface area contributed by atoms with Crippen molar-refractivity contribution < 1.29 is 19.6 Å². The molecule has 0 aliphatic carbocycles. The third kappa shape index (κ3) is 4.71. The summed E-state index contributed by atoms with van der Waals surface area (Å²) in [6.45, 7) is 1.25. The van der Waals surface area contributed by atoms with Crippen LogP contribution >= 0.6 is 27.5 Å². The fourth-order valence-corrected chi connectivity index (χ4v) is 3.84. The van der Waals surface area contributed by atoms with Crippen molar-refractivity contribution in [2.45, 2.75) is 12.5 Å². The highest BCUT2D eigenvalue weighted by Crippen LogP contribution is 2.39. The van der Waals surface area contributed by atoms with Crippen LogP contribution in [0.25, 0.3) is 5.76 Å². The highest BCUT2D eigenvalue weighted by atomic mass is 79.9. The van der Waals surface area contributed by atoms with Gasteiger partial charge in [-0.3, -0.25) is 9.59 Å². The van der Waals surface area contributed by atoms with Gasteiger partial charge in [-0.25, -0.2) is 0 Å². The summed E-state index contributed by atoms with van der Waals surface area (Å²) in [5.74, 6) is -1.77. The smallest absolute Gasteiger partial charge is 0.295 e. The Kier molecular flexibility index (Phi) is 6.77. The Morgan fingerprint density at radius 3 is 2.31 bits per heavy atom. The average molecular weight is 478 g/mol. The first kappa shape index (κ1) is 21.6. The lowest BCUT2D eigenvalue weighted by atomic mass is 9.95. The van der Waals surface area contributed by atoms with E-state index >= 15 is 0 Å². The number of nitrogens with zero attached hydrogens (tertiary/aromatic N) is 1. The molecular formula is C22H22BrClN2O3. The van der Waals surface area contributed by atoms with Gasteiger partial charge >= 0.3 is 0 Å². The quantitative estimate of drug-likeness (QED) is 0.392. The summed E-state index contributed by atoms with van der Waals surface area (Å²) in [6.07, 6.45) is 0.727. The first-order valence-electron chi connectivity index (χ1n) is 9.36. The normalized spacial score (nSPS) is 18.7. The van der Waals surface area contributed by atoms with Crippen molar-refractivity contribution in [2.24, 2.45) is 0 Å². The van der Waals surface area contributed by atoms with Crippen molar-refractivity contribution in [1.29, 1.82) is 0 Å². The maximum absolute atomic E-state index is 13.2. The molecule has 2 aromatic rings. The zero-order valence-corrected chi connectivity index (χ0v) is 18.6. The summed E-state index contributed by atoms with van der Waals surface area (Å²) in [5, 5.41) is 13.8. The number of benzene rings is 2. The lowest BCUT2D eigenvalue weighted by molar-refractivity contribution is -0.858. The van der Waals surface area contributed by atoms with Crippen molar-refractivity contribution in [2.75, 3.05) is 27.2 Å². The summed E-state index contributed by atoms with van der Waals surface area (Å²) < 4.78 is 0.829. The number of carbonyl (C=O) groups is 2. The molecule has 3 rings (SSSR count). The molecule has 0 bridgehead atoms. The number of hydrogen-bond donors (Lipinski definition) is 1. The van der Waals surface area contributed by atoms with E-state index in [0.717, 1.165) is 17.4 Å². The highest BCUT2D eigenvalue weighted by molar-refractivity contribution is 9.10. The van der Waals surface area contributed by atoms with Gasteiger partial charge in [-0.2, -0.15) is 0 Å². The van der Waals surface area contributed by atoms with E-state index in [1.165, 1.54) is 9.80 Å². The molecule has 5 nitrogen and oxygen atoms in total. The Labute approximate surface area is 183 Å². The van der Waals surface area contributed by atoms with Crippen molar-refractivity contribution in [3.8, 4) is 0 Å². The van der Waals surface area contributed by atoms with Gasteiger partial charge in [0.05, 0.1) is 26.7 Å². The van der Waals surface area contributed by atoms with Crippen LogP contribution in [0.3, 0.4) is 0 Å². The zero-order chi connectivity index (χ0) is 21.1. The van der Waals surface area contributed by atoms with Crippen LogP contribution in [0.2, 0.25) is 5.02 Å². The predicted molar refractivity (Wildman–Crippen MR) is 114 cm³/mol. The first-order chi connectivity index (χ1) is 13.8. The van der Waals surface area contributed by atoms with Gasteiger partial charge in [0, 0.05) is 28.0 Å². The number of likely N-dealkylation sites (tertiary alicyclic amines) is 1. The minimum absolute atomic E-state index is 0.00292. The topological polar surface area (TPSA) is 64.9 Å². The molecule has 1 unspecified atom stereocenters. The third-order valence-corrected chi connectivity index (χ3v) is 5.68. The molecule has 0 spiro atoms. The van der Waals surface area contributed by atoms with E-state index in [1.54, 1.807) is 48.5 Å². The Morgan fingerprint density at radius 2 is 1.72 bits per heavy atom. The van der Waals surface area contributed by atoms with E-state index in [4.69, 9.17) is 11.6 Å². The van der Waals surface area contributed by atoms with Crippen LogP contribution < -0.4 is 10.0 Å². The molecule has 0 radical (unpaired) electrons. The van der Waals surface area contributed by atoms with Crippen LogP contribution in [0.1, 0.15) is 23.6 Å². The number of amides is 1. The second kappa shape index (κ2) is 9.11. The van der Waals surface area contributed by atoms with Crippen LogP contribution in [0.15, 0.2) is 58.6 Å². The molecule has 29 heavy (non-hydrogen) atoms. The predicted octanol–water partition coefficient (Wildman–Crippen LogP) is 1.86. The number of carbonyl (C=O) groups excluding carboxylic acids is 2. The summed E-state index contributed by atoms with van der Waals surface area (Å²) in [7, 11) is 4.06. The standard InChI is InChI=1S/C22H22BrClN2O3/c1-25(2)12-3-13-26-19(14-6-10-17(24)11-7-14)18(21(28)22(26)29)20(27)15-4-8-16(23)9-5-15/h4-11,19,27H,3,12-13H2,1-2H3/b20-18+. The maximum Gasteiger partial charge on any atom is 0.295 e. The Morgan fingerprint density at radius 1 is 1.10 bits per heavy atom. The minimum Gasteiger partial charge on any atom is -0.872 e. The number of halogens is 2. The highest BCUT2D eigenvalue weighted by Gasteiger charge is 2.43. The lowest BCUT2D eigenvalue weighted by Crippen LogP contribution is -3.05. The molecule has 1 aliphatic rings. The number of nitrogens with one attached hydrogen (secondary N) is 1. The molecule has 152 valence electrons. The van der Waals surface area contributed by atoms with Crippen LogP contribution in [0.4, 0.5) is 0 Å². The first-order valence-corrected chi connectivity index (χ1v) is 10.5. The Bertz CT molecular complexity index is 940. The number of quaternary nitrogens is 1. The molecule has 1 fully saturated rings. The zero-order valence-electron chi connectivity index (χ0n) is 16.2. The molecule has 1 aliphatic heterocycles. The fourth-order valence-electron chi connectivity index (χ4n) is 3.45. The molecule has 2 aromatic carbocycles. The summed E-state index contributed by atoms with van der Waals surface area (Å²) >= 11 is 9.35. The van der Waals surface area contributed by atoms with Crippen molar-refractivity contribution in [1.82, 2.24) is 4.90 Å². The van der Waals surface area contributed by atoms with E-state index in [-0.39, 0.29) is 5.57 Å². The van der Waals surface area contributed by atoms with Crippen molar-refractivity contribution >= 4 is 45.0 Å². The van der Waals surface area contributed by atoms with E-state index in [9.17, 15) is 14.7 Å². The molecular weight excluding hydrogens is 456 g/mol. The van der Waals surface area contributed by atoms with Crippen molar-refractivity contribution in [3.63, 3.8) is 0 Å². The van der Waals surface area contributed by atoms with Gasteiger partial charge < -0.3 is 14.9 Å². The van der Waals surface area contributed by atoms with Crippen LogP contribution in [0, 0.1) is 0 Å². The Balaban J connectivity index is 2.07. The van der Waals surface area contributed by atoms with E-state index in [0.29, 0.717) is 22.7 Å². The molecule has 7 heteroatoms. The van der Waals surface area contributed by atoms with E-state index < -0.39 is 23.5 Å². The van der Waals surface area contributed by atoms with Gasteiger partial charge in [0.15, 0.2) is 0 Å². The average Bonchev–Trinajstić information content (AvgIpc) is 2.93. The van der Waals surface area contributed by atoms with Gasteiger partial charge in [0.25, 0.3) is 5.91 Å². The van der Waals surface area contributed by atoms with Crippen molar-refractivity contribution in [3.05, 3.63) is 74.7 Å². The monoisotopic (exact) mass is 476 g/mol. The molecule has 1 N–H and O–H groups in total. The van der Waals surface area contributed by atoms with Crippen LogP contribution in [-0.4, -0.2) is 43.8 Å². The van der Waals surface area contributed by atoms with Gasteiger partial charge in [0.2, 0.25) is 5.78 Å². The van der Waals surface area contributed by atoms with Gasteiger partial charge in [-0.1, -0.05) is 57.6 Å². The molecule has 1 atom stereocenters. The molecule has 0 aromatic heterocycles. The Hall–Kier alpha value is -2.15. The second-order valence-corrected chi connectivity index (χ2v) is 8.69. The molecule has 1 amide bonds.